The Balaban J connectivity index is -0.00000000450. The van der Waals surface area contributed by atoms with Crippen LogP contribution in [0.4, 0.5) is 0 Å². The minimum absolute atomic E-state index is 0. The van der Waals surface area contributed by atoms with Gasteiger partial charge in [0, 0.05) is 0 Å². The van der Waals surface area contributed by atoms with E-state index in [-0.39, 0.29) is 60.6 Å². The summed E-state index contributed by atoms with van der Waals surface area (Å²) in [5.41, 5.74) is 0. The second-order valence-electron chi connectivity index (χ2n) is 0.283. The van der Waals surface area contributed by atoms with Crippen LogP contribution in [-0.2, 0) is 4.46 Å². The molecule has 0 amide bonds. The summed E-state index contributed by atoms with van der Waals surface area (Å²) in [5.74, 6) is 0. The number of halogens is 4. The summed E-state index contributed by atoms with van der Waals surface area (Å²) in [6.07, 6.45) is 0. The molecule has 0 radical (unpaired) electrons. The Labute approximate surface area is 83.8 Å². The van der Waals surface area contributed by atoms with Crippen molar-refractivity contribution in [3.8, 4) is 0 Å². The van der Waals surface area contributed by atoms with Crippen LogP contribution < -0.4 is 0 Å². The van der Waals surface area contributed by atoms with Crippen LogP contribution >= 0.6 is 49.6 Å². The quantitative estimate of drug-likeness (QED) is 0.525. The van der Waals surface area contributed by atoms with E-state index in [4.69, 9.17) is 14.1 Å². The van der Waals surface area contributed by atoms with Gasteiger partial charge in [-0.3, -0.25) is 4.46 Å². The van der Waals surface area contributed by atoms with Gasteiger partial charge in [-0.1, -0.05) is 0 Å². The monoisotopic (exact) mass is 254 g/mol. The van der Waals surface area contributed by atoms with Crippen molar-refractivity contribution in [1.82, 2.24) is 0 Å². The first-order valence-electron chi connectivity index (χ1n) is 0.651. The maximum absolute atomic E-state index is 8.74. The minimum atomic E-state index is -3.13. The van der Waals surface area contributed by atoms with E-state index in [0.717, 1.165) is 0 Å². The summed E-state index contributed by atoms with van der Waals surface area (Å²) < 4.78 is 8.74. The average Bonchev–Trinajstić information content (AvgIpc) is 0.811. The molecule has 0 spiro atoms. The molecule has 0 saturated heterocycles. The predicted molar refractivity (Wildman–Crippen MR) is 51.2 cm³/mol. The second kappa shape index (κ2) is 36.0. The molecule has 64 valence electrons. The Bertz CT molecular complexity index is 36.8. The summed E-state index contributed by atoms with van der Waals surface area (Å²) in [7, 11) is -3.13. The fourth-order valence-electron chi connectivity index (χ4n) is 0. The van der Waals surface area contributed by atoms with E-state index < -0.39 is 9.17 Å². The van der Waals surface area contributed by atoms with Crippen molar-refractivity contribution in [2.24, 2.45) is 0 Å². The van der Waals surface area contributed by atoms with E-state index in [9.17, 15) is 0 Å². The van der Waals surface area contributed by atoms with Crippen molar-refractivity contribution in [1.29, 1.82) is 0 Å². The Morgan fingerprint density at radius 2 is 0.889 bits per heavy atom. The third kappa shape index (κ3) is 445. The SMILES string of the molecule is Cl.Cl.Cl.Cl.O=[Si](O)O.[SiH4]. The van der Waals surface area contributed by atoms with Crippen molar-refractivity contribution in [3.63, 3.8) is 0 Å². The van der Waals surface area contributed by atoms with E-state index >= 15 is 0 Å². The van der Waals surface area contributed by atoms with Crippen LogP contribution in [0.25, 0.3) is 0 Å². The molecule has 0 aromatic heterocycles. The first-order chi connectivity index (χ1) is 1.73. The third-order valence-corrected chi connectivity index (χ3v) is 0. The smallest absolute Gasteiger partial charge is 0.511 e. The van der Waals surface area contributed by atoms with Gasteiger partial charge >= 0.3 is 9.17 Å². The molecule has 2 N–H and O–H groups in total. The Hall–Kier alpha value is 0.994. The van der Waals surface area contributed by atoms with Gasteiger partial charge in [-0.2, -0.15) is 0 Å². The Kier molecular flexibility index (Phi) is 203. The van der Waals surface area contributed by atoms with Crippen LogP contribution in [-0.4, -0.2) is 29.7 Å². The molecular weight excluding hydrogens is 246 g/mol. The van der Waals surface area contributed by atoms with E-state index in [1.807, 2.05) is 0 Å². The standard InChI is InChI=1S/4ClH.H2O3Si.H4Si/c;;;;1-4(2)3;/h4*1H;1-2H;1H4. The summed E-state index contributed by atoms with van der Waals surface area (Å²) in [5, 5.41) is 0. The zero-order valence-electron chi connectivity index (χ0n) is 3.44. The van der Waals surface area contributed by atoms with Crippen LogP contribution in [0.1, 0.15) is 0 Å². The molecule has 0 saturated carbocycles. The Morgan fingerprint density at radius 3 is 0.889 bits per heavy atom. The molecule has 0 atom stereocenters. The summed E-state index contributed by atoms with van der Waals surface area (Å²) in [6, 6.07) is 0. The third-order valence-electron chi connectivity index (χ3n) is 0. The maximum atomic E-state index is 8.74. The van der Waals surface area contributed by atoms with Gasteiger partial charge in [-0.25, -0.2) is 0 Å². The molecule has 0 aliphatic carbocycles. The van der Waals surface area contributed by atoms with Gasteiger partial charge in [0.2, 0.25) is 0 Å². The van der Waals surface area contributed by atoms with Crippen molar-refractivity contribution < 1.29 is 14.1 Å². The highest BCUT2D eigenvalue weighted by atomic mass is 35.5. The van der Waals surface area contributed by atoms with E-state index in [1.54, 1.807) is 0 Å². The van der Waals surface area contributed by atoms with Gasteiger partial charge < -0.3 is 9.59 Å². The van der Waals surface area contributed by atoms with Crippen LogP contribution in [0, 0.1) is 0 Å². The topological polar surface area (TPSA) is 57.5 Å². The summed E-state index contributed by atoms with van der Waals surface area (Å²) >= 11 is 0. The lowest BCUT2D eigenvalue weighted by atomic mass is 15.8. The molecule has 0 aliphatic heterocycles. The molecule has 3 nitrogen and oxygen atoms in total. The predicted octanol–water partition coefficient (Wildman–Crippen LogP) is -1.38. The number of rotatable bonds is 0. The van der Waals surface area contributed by atoms with E-state index in [1.165, 1.54) is 0 Å². The Morgan fingerprint density at radius 1 is 0.889 bits per heavy atom. The number of hydrogen-bond acceptors (Lipinski definition) is 1. The van der Waals surface area contributed by atoms with Crippen molar-refractivity contribution in [2.75, 3.05) is 0 Å². The highest BCUT2D eigenvalue weighted by Gasteiger charge is 1.85. The van der Waals surface area contributed by atoms with Crippen LogP contribution in [0.5, 0.6) is 0 Å². The van der Waals surface area contributed by atoms with Crippen LogP contribution in [0.2, 0.25) is 0 Å². The van der Waals surface area contributed by atoms with Gasteiger partial charge in [-0.15, -0.1) is 49.6 Å². The molecule has 0 aromatic carbocycles. The van der Waals surface area contributed by atoms with Gasteiger partial charge in [-0.05, 0) is 11.0 Å². The lowest BCUT2D eigenvalue weighted by molar-refractivity contribution is 0.330. The highest BCUT2D eigenvalue weighted by Crippen LogP contribution is 1.27. The average molecular weight is 256 g/mol. The normalized spacial score (nSPS) is 2.67. The van der Waals surface area contributed by atoms with Gasteiger partial charge in [0.1, 0.15) is 0 Å². The summed E-state index contributed by atoms with van der Waals surface area (Å²) in [6.45, 7) is 0. The first kappa shape index (κ1) is 50.7. The van der Waals surface area contributed by atoms with E-state index in [2.05, 4.69) is 0 Å². The molecule has 0 unspecified atom stereocenters. The highest BCUT2D eigenvalue weighted by molar-refractivity contribution is 6.22. The van der Waals surface area contributed by atoms with Gasteiger partial charge in [0.25, 0.3) is 0 Å². The molecule has 0 fully saturated rings. The zero-order valence-corrected chi connectivity index (χ0v) is 7.70. The van der Waals surface area contributed by atoms with Gasteiger partial charge in [0.15, 0.2) is 0 Å². The molecule has 0 aliphatic rings. The molecule has 0 rings (SSSR count). The first-order valence-corrected chi connectivity index (χ1v) is 1.95. The lowest BCUT2D eigenvalue weighted by Gasteiger charge is -1.55. The zero-order chi connectivity index (χ0) is 3.58. The molecule has 9 heteroatoms. The fourth-order valence-corrected chi connectivity index (χ4v) is 0. The number of hydrogen-bond donors (Lipinski definition) is 2. The van der Waals surface area contributed by atoms with Crippen molar-refractivity contribution in [2.45, 2.75) is 0 Å². The molecular formula is H10Cl4O3Si2. The van der Waals surface area contributed by atoms with Gasteiger partial charge in [0.05, 0.1) is 0 Å². The largest absolute Gasteiger partial charge is 0.761 e. The minimum Gasteiger partial charge on any atom is -0.511 e. The van der Waals surface area contributed by atoms with E-state index in [0.29, 0.717) is 0 Å². The van der Waals surface area contributed by atoms with Crippen LogP contribution in [0.15, 0.2) is 0 Å². The van der Waals surface area contributed by atoms with Crippen LogP contribution in [0.3, 0.4) is 0 Å². The van der Waals surface area contributed by atoms with Crippen molar-refractivity contribution >= 4 is 69.8 Å². The molecule has 0 bridgehead atoms. The fraction of sp³-hybridized carbons (Fsp3) is 0. The lowest BCUT2D eigenvalue weighted by Crippen LogP contribution is -1.90. The summed E-state index contributed by atoms with van der Waals surface area (Å²) in [4.78, 5) is 14.3. The molecule has 9 heavy (non-hydrogen) atoms. The second-order valence-corrected chi connectivity index (χ2v) is 0.848. The maximum Gasteiger partial charge on any atom is 0.761 e. The molecule has 0 aromatic rings. The molecule has 0 heterocycles. The van der Waals surface area contributed by atoms with Crippen molar-refractivity contribution in [3.05, 3.63) is 0 Å².